The zero-order valence-electron chi connectivity index (χ0n) is 24.9. The number of rotatable bonds is 9. The van der Waals surface area contributed by atoms with Crippen LogP contribution < -0.4 is 10.2 Å². The third kappa shape index (κ3) is 6.85. The predicted molar refractivity (Wildman–Crippen MR) is 160 cm³/mol. The maximum absolute atomic E-state index is 14.2. The molecule has 10 nitrogen and oxygen atoms in total. The van der Waals surface area contributed by atoms with Gasteiger partial charge in [-0.05, 0) is 73.2 Å². The number of carbonyl (C=O) groups excluding carboxylic acids is 2. The number of ether oxygens (including phenoxy) is 2. The first-order valence-corrected chi connectivity index (χ1v) is 15.2. The van der Waals surface area contributed by atoms with Gasteiger partial charge in [0.25, 0.3) is 5.91 Å². The van der Waals surface area contributed by atoms with Gasteiger partial charge < -0.3 is 19.3 Å². The molecule has 1 aromatic heterocycles. The molecule has 3 aliphatic heterocycles. The summed E-state index contributed by atoms with van der Waals surface area (Å²) in [6.45, 7) is 4.37. The van der Waals surface area contributed by atoms with Crippen molar-refractivity contribution in [2.45, 2.75) is 50.4 Å². The van der Waals surface area contributed by atoms with Crippen LogP contribution in [-0.2, 0) is 16.1 Å². The van der Waals surface area contributed by atoms with E-state index in [-0.39, 0.29) is 35.9 Å². The third-order valence-electron chi connectivity index (χ3n) is 8.72. The number of piperidine rings is 1. The van der Waals surface area contributed by atoms with E-state index in [0.29, 0.717) is 37.0 Å². The number of nitrogens with one attached hydrogen (secondary N) is 1. The first-order chi connectivity index (χ1) is 21.5. The highest BCUT2D eigenvalue weighted by atomic mass is 19.1. The fourth-order valence-corrected chi connectivity index (χ4v) is 6.45. The van der Waals surface area contributed by atoms with Crippen LogP contribution in [0.1, 0.15) is 53.2 Å². The maximum Gasteiger partial charge on any atom is 0.321 e. The molecule has 0 spiro atoms. The number of hydroxylamine groups is 1. The van der Waals surface area contributed by atoms with E-state index in [2.05, 4.69) is 20.2 Å². The normalized spacial score (nSPS) is 20.2. The van der Waals surface area contributed by atoms with Crippen molar-refractivity contribution in [3.8, 4) is 11.6 Å². The summed E-state index contributed by atoms with van der Waals surface area (Å²) in [7, 11) is 1.39. The van der Waals surface area contributed by atoms with E-state index in [1.54, 1.807) is 36.4 Å². The van der Waals surface area contributed by atoms with E-state index < -0.39 is 0 Å². The van der Waals surface area contributed by atoms with Crippen LogP contribution in [0.25, 0.3) is 0 Å². The fourth-order valence-electron chi connectivity index (χ4n) is 6.45. The molecule has 0 radical (unpaired) electrons. The van der Waals surface area contributed by atoms with Crippen molar-refractivity contribution in [1.29, 1.82) is 0 Å². The molecule has 3 amide bonds. The molecule has 3 fully saturated rings. The molecule has 44 heavy (non-hydrogen) atoms. The molecule has 6 rings (SSSR count). The molecular formula is C33H38FN5O5. The summed E-state index contributed by atoms with van der Waals surface area (Å²) in [5, 5.41) is 0. The van der Waals surface area contributed by atoms with Crippen molar-refractivity contribution in [3.63, 3.8) is 0 Å². The van der Waals surface area contributed by atoms with E-state index in [0.717, 1.165) is 56.4 Å². The van der Waals surface area contributed by atoms with Crippen LogP contribution in [0, 0.1) is 5.82 Å². The predicted octanol–water partition coefficient (Wildman–Crippen LogP) is 4.93. The SMILES string of the molecule is CONC(=O)c1ccc(Oc2ccc(CN3CCC(N4C(=O)N(C5CCOCC5)C[C@H]4c4cccc(F)c4)CC3)cn2)cc1. The number of nitrogens with zero attached hydrogens (tertiary/aromatic N) is 4. The van der Waals surface area contributed by atoms with Gasteiger partial charge in [-0.3, -0.25) is 14.5 Å². The number of pyridine rings is 1. The standard InChI is InChI=1S/C33H38FN5O5/c1-42-36-32(40)24-6-8-29(9-7-24)44-31-10-5-23(20-35-31)21-37-15-11-28(12-16-37)39-30(25-3-2-4-26(34)19-25)22-38(33(39)41)27-13-17-43-18-14-27/h2-10,19-20,27-28,30H,11-18,21-22H2,1H3,(H,36,40)/t30-/m0/s1. The van der Waals surface area contributed by atoms with Crippen molar-refractivity contribution in [2.24, 2.45) is 0 Å². The second-order valence-electron chi connectivity index (χ2n) is 11.5. The van der Waals surface area contributed by atoms with Crippen LogP contribution in [0.5, 0.6) is 11.6 Å². The Kier molecular flexibility index (Phi) is 9.34. The van der Waals surface area contributed by atoms with Crippen LogP contribution >= 0.6 is 0 Å². The van der Waals surface area contributed by atoms with Gasteiger partial charge >= 0.3 is 6.03 Å². The molecule has 2 aromatic carbocycles. The molecule has 0 saturated carbocycles. The summed E-state index contributed by atoms with van der Waals surface area (Å²) >= 11 is 0. The van der Waals surface area contributed by atoms with Gasteiger partial charge in [0.1, 0.15) is 11.6 Å². The van der Waals surface area contributed by atoms with Gasteiger partial charge in [-0.2, -0.15) is 0 Å². The van der Waals surface area contributed by atoms with Crippen LogP contribution in [0.4, 0.5) is 9.18 Å². The second-order valence-corrected chi connectivity index (χ2v) is 11.5. The number of hydrogen-bond acceptors (Lipinski definition) is 7. The molecule has 3 saturated heterocycles. The van der Waals surface area contributed by atoms with Crippen LogP contribution in [-0.4, -0.2) is 83.7 Å². The largest absolute Gasteiger partial charge is 0.439 e. The van der Waals surface area contributed by atoms with Crippen molar-refractivity contribution in [2.75, 3.05) is 40.0 Å². The van der Waals surface area contributed by atoms with Gasteiger partial charge in [-0.15, -0.1) is 0 Å². The van der Waals surface area contributed by atoms with E-state index >= 15 is 0 Å². The van der Waals surface area contributed by atoms with Gasteiger partial charge in [-0.25, -0.2) is 19.6 Å². The molecule has 0 unspecified atom stereocenters. The Morgan fingerprint density at radius 3 is 2.48 bits per heavy atom. The van der Waals surface area contributed by atoms with Gasteiger partial charge in [-0.1, -0.05) is 18.2 Å². The minimum absolute atomic E-state index is 0.0669. The van der Waals surface area contributed by atoms with Gasteiger partial charge in [0.2, 0.25) is 5.88 Å². The Labute approximate surface area is 256 Å². The van der Waals surface area contributed by atoms with Crippen LogP contribution in [0.3, 0.4) is 0 Å². The Morgan fingerprint density at radius 1 is 1.02 bits per heavy atom. The summed E-state index contributed by atoms with van der Waals surface area (Å²) < 4.78 is 25.6. The highest BCUT2D eigenvalue weighted by Crippen LogP contribution is 2.37. The smallest absolute Gasteiger partial charge is 0.321 e. The van der Waals surface area contributed by atoms with Crippen LogP contribution in [0.2, 0.25) is 0 Å². The average molecular weight is 604 g/mol. The third-order valence-corrected chi connectivity index (χ3v) is 8.72. The maximum atomic E-state index is 14.2. The van der Waals surface area contributed by atoms with Crippen LogP contribution in [0.15, 0.2) is 66.9 Å². The van der Waals surface area contributed by atoms with Gasteiger partial charge in [0, 0.05) is 69.3 Å². The number of urea groups is 1. The zero-order valence-corrected chi connectivity index (χ0v) is 24.9. The molecule has 1 N–H and O–H groups in total. The Bertz CT molecular complexity index is 1430. The van der Waals surface area contributed by atoms with Crippen molar-refractivity contribution in [1.82, 2.24) is 25.2 Å². The molecular weight excluding hydrogens is 565 g/mol. The Morgan fingerprint density at radius 2 is 1.80 bits per heavy atom. The summed E-state index contributed by atoms with van der Waals surface area (Å²) in [6, 6.07) is 17.4. The van der Waals surface area contributed by atoms with E-state index in [1.807, 2.05) is 34.2 Å². The summed E-state index contributed by atoms with van der Waals surface area (Å²) in [5.41, 5.74) is 4.67. The number of amides is 3. The van der Waals surface area contributed by atoms with Crippen molar-refractivity contribution < 1.29 is 28.3 Å². The second kappa shape index (κ2) is 13.7. The minimum atomic E-state index is -0.332. The van der Waals surface area contributed by atoms with Crippen molar-refractivity contribution >= 4 is 11.9 Å². The minimum Gasteiger partial charge on any atom is -0.439 e. The molecule has 0 bridgehead atoms. The molecule has 3 aromatic rings. The molecule has 11 heteroatoms. The molecule has 0 aliphatic carbocycles. The molecule has 3 aliphatic rings. The first kappa shape index (κ1) is 30.0. The fraction of sp³-hybridized carbons (Fsp3) is 0.424. The van der Waals surface area contributed by atoms with Gasteiger partial charge in [0.15, 0.2) is 0 Å². The Hall–Kier alpha value is -4.06. The molecule has 4 heterocycles. The quantitative estimate of drug-likeness (QED) is 0.347. The number of carbonyl (C=O) groups is 2. The Balaban J connectivity index is 1.05. The lowest BCUT2D eigenvalue weighted by molar-refractivity contribution is 0.0493. The number of likely N-dealkylation sites (tertiary alicyclic amines) is 1. The number of aromatic nitrogens is 1. The number of halogens is 1. The highest BCUT2D eigenvalue weighted by Gasteiger charge is 2.45. The first-order valence-electron chi connectivity index (χ1n) is 15.2. The summed E-state index contributed by atoms with van der Waals surface area (Å²) in [5.74, 6) is 0.432. The number of hydrogen-bond donors (Lipinski definition) is 1. The lowest BCUT2D eigenvalue weighted by atomic mass is 9.98. The highest BCUT2D eigenvalue weighted by molar-refractivity contribution is 5.93. The van der Waals surface area contributed by atoms with E-state index in [9.17, 15) is 14.0 Å². The number of benzene rings is 2. The molecule has 1 atom stereocenters. The zero-order chi connectivity index (χ0) is 30.5. The monoisotopic (exact) mass is 603 g/mol. The van der Waals surface area contributed by atoms with Gasteiger partial charge in [0.05, 0.1) is 13.2 Å². The van der Waals surface area contributed by atoms with E-state index in [1.165, 1.54) is 13.2 Å². The topological polar surface area (TPSA) is 96.5 Å². The van der Waals surface area contributed by atoms with Crippen molar-refractivity contribution in [3.05, 3.63) is 89.4 Å². The summed E-state index contributed by atoms with van der Waals surface area (Å²) in [4.78, 5) is 41.2. The lowest BCUT2D eigenvalue weighted by Crippen LogP contribution is -2.48. The molecule has 232 valence electrons. The lowest BCUT2D eigenvalue weighted by Gasteiger charge is -2.39. The summed E-state index contributed by atoms with van der Waals surface area (Å²) in [6.07, 6.45) is 5.20. The average Bonchev–Trinajstić information content (AvgIpc) is 3.40. The van der Waals surface area contributed by atoms with E-state index in [4.69, 9.17) is 9.47 Å².